The number of amides is 2. The van der Waals surface area contributed by atoms with Crippen LogP contribution in [0.15, 0.2) is 29.2 Å². The Bertz CT molecular complexity index is 991. The average molecular weight is 458 g/mol. The lowest BCUT2D eigenvalue weighted by Gasteiger charge is -2.31. The SMILES string of the molecule is CNC(=O)CS(=O)(=O)C1CCN(C(=O)c2ccc(S(=O)(=O)N3CCCC3)cc2)CC1. The molecule has 30 heavy (non-hydrogen) atoms. The van der Waals surface area contributed by atoms with Crippen LogP contribution in [0.2, 0.25) is 0 Å². The standard InChI is InChI=1S/C19H27N3O6S2/c1-20-18(23)14-29(25,26)16-8-12-21(13-9-16)19(24)15-4-6-17(7-5-15)30(27,28)22-10-2-3-11-22/h4-7,16H,2-3,8-14H2,1H3,(H,20,23). The zero-order valence-electron chi connectivity index (χ0n) is 16.9. The van der Waals surface area contributed by atoms with E-state index in [0.717, 1.165) is 12.8 Å². The molecule has 0 atom stereocenters. The lowest BCUT2D eigenvalue weighted by Crippen LogP contribution is -2.44. The zero-order valence-corrected chi connectivity index (χ0v) is 18.5. The smallest absolute Gasteiger partial charge is 0.253 e. The monoisotopic (exact) mass is 457 g/mol. The Morgan fingerprint density at radius 3 is 2.07 bits per heavy atom. The van der Waals surface area contributed by atoms with Gasteiger partial charge in [0.05, 0.1) is 10.1 Å². The summed E-state index contributed by atoms with van der Waals surface area (Å²) in [7, 11) is -5.70. The van der Waals surface area contributed by atoms with Crippen LogP contribution in [0.1, 0.15) is 36.0 Å². The molecule has 1 aromatic rings. The fraction of sp³-hybridized carbons (Fsp3) is 0.579. The molecule has 2 fully saturated rings. The lowest BCUT2D eigenvalue weighted by molar-refractivity contribution is -0.118. The third-order valence-corrected chi connectivity index (χ3v) is 9.72. The summed E-state index contributed by atoms with van der Waals surface area (Å²) in [5.74, 6) is -1.35. The molecule has 0 unspecified atom stereocenters. The minimum atomic E-state index is -3.56. The van der Waals surface area contributed by atoms with Crippen LogP contribution in [0.25, 0.3) is 0 Å². The molecule has 0 spiro atoms. The summed E-state index contributed by atoms with van der Waals surface area (Å²) < 4.78 is 51.3. The van der Waals surface area contributed by atoms with E-state index < -0.39 is 36.8 Å². The molecule has 1 N–H and O–H groups in total. The first-order chi connectivity index (χ1) is 14.1. The minimum absolute atomic E-state index is 0.167. The molecule has 0 bridgehead atoms. The predicted octanol–water partition coefficient (Wildman–Crippen LogP) is 0.237. The largest absolute Gasteiger partial charge is 0.358 e. The van der Waals surface area contributed by atoms with Crippen molar-refractivity contribution in [3.63, 3.8) is 0 Å². The zero-order chi connectivity index (χ0) is 21.9. The van der Waals surface area contributed by atoms with Gasteiger partial charge in [0, 0.05) is 38.8 Å². The van der Waals surface area contributed by atoms with E-state index in [1.807, 2.05) is 0 Å². The molecule has 0 saturated carbocycles. The number of rotatable bonds is 6. The van der Waals surface area contributed by atoms with E-state index in [1.54, 1.807) is 4.90 Å². The second kappa shape index (κ2) is 9.03. The summed E-state index contributed by atoms with van der Waals surface area (Å²) in [6.07, 6.45) is 2.24. The van der Waals surface area contributed by atoms with Crippen LogP contribution in [-0.4, -0.2) is 82.1 Å². The fourth-order valence-corrected chi connectivity index (χ4v) is 7.01. The van der Waals surface area contributed by atoms with Gasteiger partial charge in [-0.2, -0.15) is 4.31 Å². The van der Waals surface area contributed by atoms with Crippen molar-refractivity contribution in [3.05, 3.63) is 29.8 Å². The summed E-state index contributed by atoms with van der Waals surface area (Å²) in [6.45, 7) is 1.57. The van der Waals surface area contributed by atoms with Crippen LogP contribution in [0.3, 0.4) is 0 Å². The van der Waals surface area contributed by atoms with Crippen molar-refractivity contribution in [2.75, 3.05) is 39.0 Å². The highest BCUT2D eigenvalue weighted by molar-refractivity contribution is 7.92. The summed E-state index contributed by atoms with van der Waals surface area (Å²) in [6, 6.07) is 5.89. The van der Waals surface area contributed by atoms with E-state index in [2.05, 4.69) is 5.32 Å². The molecule has 2 aliphatic rings. The molecule has 2 aliphatic heterocycles. The van der Waals surface area contributed by atoms with Gasteiger partial charge in [0.15, 0.2) is 9.84 Å². The Hall–Kier alpha value is -1.98. The van der Waals surface area contributed by atoms with Gasteiger partial charge >= 0.3 is 0 Å². The number of sulfone groups is 1. The van der Waals surface area contributed by atoms with Crippen LogP contribution in [0, 0.1) is 0 Å². The van der Waals surface area contributed by atoms with E-state index in [0.29, 0.717) is 18.7 Å². The Kier molecular flexibility index (Phi) is 6.83. The molecular formula is C19H27N3O6S2. The van der Waals surface area contributed by atoms with Crippen molar-refractivity contribution in [1.29, 1.82) is 0 Å². The number of nitrogens with zero attached hydrogens (tertiary/aromatic N) is 2. The maximum Gasteiger partial charge on any atom is 0.253 e. The molecule has 9 nitrogen and oxygen atoms in total. The molecular weight excluding hydrogens is 430 g/mol. The fourth-order valence-electron chi connectivity index (χ4n) is 3.82. The molecule has 1 aromatic carbocycles. The normalized spacial score (nSPS) is 19.0. The number of likely N-dealkylation sites (tertiary alicyclic amines) is 1. The second-order valence-corrected chi connectivity index (χ2v) is 11.8. The van der Waals surface area contributed by atoms with E-state index in [4.69, 9.17) is 0 Å². The molecule has 0 aliphatic carbocycles. The van der Waals surface area contributed by atoms with E-state index in [1.165, 1.54) is 35.6 Å². The van der Waals surface area contributed by atoms with Gasteiger partial charge in [0.1, 0.15) is 5.75 Å². The van der Waals surface area contributed by atoms with Crippen molar-refractivity contribution < 1.29 is 26.4 Å². The second-order valence-electron chi connectivity index (χ2n) is 7.61. The number of hydrogen-bond acceptors (Lipinski definition) is 6. The number of nitrogens with one attached hydrogen (secondary N) is 1. The lowest BCUT2D eigenvalue weighted by atomic mass is 10.1. The number of carbonyl (C=O) groups is 2. The topological polar surface area (TPSA) is 121 Å². The van der Waals surface area contributed by atoms with Crippen LogP contribution in [-0.2, 0) is 24.7 Å². The van der Waals surface area contributed by atoms with E-state index >= 15 is 0 Å². The summed E-state index contributed by atoms with van der Waals surface area (Å²) in [5.41, 5.74) is 0.363. The van der Waals surface area contributed by atoms with Crippen molar-refractivity contribution in [3.8, 4) is 0 Å². The maximum atomic E-state index is 12.7. The van der Waals surface area contributed by atoms with Crippen molar-refractivity contribution in [2.45, 2.75) is 35.8 Å². The summed E-state index contributed by atoms with van der Waals surface area (Å²) in [4.78, 5) is 25.9. The number of carbonyl (C=O) groups excluding carboxylic acids is 2. The van der Waals surface area contributed by atoms with Crippen molar-refractivity contribution in [2.24, 2.45) is 0 Å². The molecule has 166 valence electrons. The first-order valence-corrected chi connectivity index (χ1v) is 13.1. The average Bonchev–Trinajstić information content (AvgIpc) is 3.29. The van der Waals surface area contributed by atoms with Gasteiger partial charge < -0.3 is 10.2 Å². The summed E-state index contributed by atoms with van der Waals surface area (Å²) in [5, 5.41) is 1.67. The van der Waals surface area contributed by atoms with Crippen LogP contribution < -0.4 is 5.32 Å². The van der Waals surface area contributed by atoms with E-state index in [-0.39, 0.29) is 36.7 Å². The Balaban J connectivity index is 1.62. The Labute approximate surface area is 177 Å². The predicted molar refractivity (Wildman–Crippen MR) is 111 cm³/mol. The molecule has 2 heterocycles. The quantitative estimate of drug-likeness (QED) is 0.653. The molecule has 3 rings (SSSR count). The first kappa shape index (κ1) is 22.7. The van der Waals surface area contributed by atoms with Gasteiger partial charge in [0.25, 0.3) is 5.91 Å². The Morgan fingerprint density at radius 2 is 1.53 bits per heavy atom. The van der Waals surface area contributed by atoms with Gasteiger partial charge in [-0.05, 0) is 49.9 Å². The third-order valence-electron chi connectivity index (χ3n) is 5.65. The molecule has 11 heteroatoms. The Morgan fingerprint density at radius 1 is 0.967 bits per heavy atom. The third kappa shape index (κ3) is 4.84. The highest BCUT2D eigenvalue weighted by atomic mass is 32.2. The van der Waals surface area contributed by atoms with Gasteiger partial charge in [0.2, 0.25) is 15.9 Å². The summed E-state index contributed by atoms with van der Waals surface area (Å²) >= 11 is 0. The van der Waals surface area contributed by atoms with Gasteiger partial charge in [-0.1, -0.05) is 0 Å². The first-order valence-electron chi connectivity index (χ1n) is 9.97. The van der Waals surface area contributed by atoms with Crippen molar-refractivity contribution >= 4 is 31.7 Å². The maximum absolute atomic E-state index is 12.7. The molecule has 2 saturated heterocycles. The number of piperidine rings is 1. The highest BCUT2D eigenvalue weighted by Crippen LogP contribution is 2.23. The highest BCUT2D eigenvalue weighted by Gasteiger charge is 2.33. The van der Waals surface area contributed by atoms with Gasteiger partial charge in [-0.25, -0.2) is 16.8 Å². The molecule has 2 amide bonds. The molecule has 0 aromatic heterocycles. The number of hydrogen-bond donors (Lipinski definition) is 1. The van der Waals surface area contributed by atoms with Crippen molar-refractivity contribution in [1.82, 2.24) is 14.5 Å². The number of sulfonamides is 1. The minimum Gasteiger partial charge on any atom is -0.358 e. The van der Waals surface area contributed by atoms with E-state index in [9.17, 15) is 26.4 Å². The van der Waals surface area contributed by atoms with Crippen LogP contribution in [0.4, 0.5) is 0 Å². The number of benzene rings is 1. The van der Waals surface area contributed by atoms with Crippen LogP contribution in [0.5, 0.6) is 0 Å². The van der Waals surface area contributed by atoms with Crippen LogP contribution >= 0.6 is 0 Å². The molecule has 0 radical (unpaired) electrons. The van der Waals surface area contributed by atoms with Gasteiger partial charge in [-0.15, -0.1) is 0 Å². The van der Waals surface area contributed by atoms with Gasteiger partial charge in [-0.3, -0.25) is 9.59 Å².